The summed E-state index contributed by atoms with van der Waals surface area (Å²) < 4.78 is 53.0. The first-order chi connectivity index (χ1) is 16.7. The van der Waals surface area contributed by atoms with Gasteiger partial charge in [-0.2, -0.15) is 9.57 Å². The van der Waals surface area contributed by atoms with Gasteiger partial charge >= 0.3 is 0 Å². The molecule has 0 aliphatic carbocycles. The molecule has 2 aromatic rings. The Morgan fingerprint density at radius 1 is 1.20 bits per heavy atom. The van der Waals surface area contributed by atoms with Crippen LogP contribution in [-0.4, -0.2) is 58.7 Å². The van der Waals surface area contributed by atoms with Crippen molar-refractivity contribution in [2.75, 3.05) is 46.0 Å². The predicted octanol–water partition coefficient (Wildman–Crippen LogP) is 4.09. The van der Waals surface area contributed by atoms with Gasteiger partial charge in [-0.15, -0.1) is 0 Å². The maximum Gasteiger partial charge on any atom is 0.244 e. The van der Waals surface area contributed by atoms with E-state index in [1.165, 1.54) is 40.7 Å². The molecule has 7 nitrogen and oxygen atoms in total. The van der Waals surface area contributed by atoms with Gasteiger partial charge in [0.05, 0.1) is 17.2 Å². The van der Waals surface area contributed by atoms with E-state index in [4.69, 9.17) is 37.9 Å². The van der Waals surface area contributed by atoms with Gasteiger partial charge in [0.2, 0.25) is 10.0 Å². The van der Waals surface area contributed by atoms with Crippen LogP contribution in [0.2, 0.25) is 10.0 Å². The predicted molar refractivity (Wildman–Crippen MR) is 131 cm³/mol. The molecule has 188 valence electrons. The van der Waals surface area contributed by atoms with Crippen molar-refractivity contribution in [2.24, 2.45) is 11.3 Å². The molecule has 2 fully saturated rings. The Hall–Kier alpha value is -1.93. The van der Waals surface area contributed by atoms with Gasteiger partial charge in [-0.3, -0.25) is 0 Å². The highest BCUT2D eigenvalue weighted by molar-refractivity contribution is 7.89. The van der Waals surface area contributed by atoms with Crippen molar-refractivity contribution in [3.63, 3.8) is 0 Å². The first-order valence-electron chi connectivity index (χ1n) is 11.3. The third-order valence-electron chi connectivity index (χ3n) is 6.42. The number of nitrogens with zero attached hydrogens (tertiary/aromatic N) is 2. The largest absolute Gasteiger partial charge is 0.493 e. The Morgan fingerprint density at radius 3 is 2.60 bits per heavy atom. The molecule has 2 aliphatic heterocycles. The number of benzene rings is 2. The Bertz CT molecular complexity index is 1210. The van der Waals surface area contributed by atoms with E-state index >= 15 is 0 Å². The fourth-order valence-corrected chi connectivity index (χ4v) is 6.77. The number of hydrogen-bond acceptors (Lipinski definition) is 6. The molecule has 2 heterocycles. The van der Waals surface area contributed by atoms with Crippen LogP contribution in [0.3, 0.4) is 0 Å². The Balaban J connectivity index is 1.45. The van der Waals surface area contributed by atoms with Crippen molar-refractivity contribution < 1.29 is 22.3 Å². The van der Waals surface area contributed by atoms with Gasteiger partial charge < -0.3 is 14.8 Å². The number of halogens is 3. The molecule has 0 spiro atoms. The molecule has 0 bridgehead atoms. The zero-order valence-electron chi connectivity index (χ0n) is 19.0. The minimum atomic E-state index is -3.82. The van der Waals surface area contributed by atoms with Crippen LogP contribution in [0.4, 0.5) is 4.39 Å². The highest BCUT2D eigenvalue weighted by atomic mass is 35.5. The monoisotopic (exact) mass is 541 g/mol. The van der Waals surface area contributed by atoms with E-state index in [-0.39, 0.29) is 40.9 Å². The van der Waals surface area contributed by atoms with Gasteiger partial charge in [-0.05, 0) is 55.6 Å². The van der Waals surface area contributed by atoms with Gasteiger partial charge in [-0.1, -0.05) is 23.2 Å². The van der Waals surface area contributed by atoms with Crippen molar-refractivity contribution >= 4 is 33.2 Å². The highest BCUT2D eigenvalue weighted by Crippen LogP contribution is 2.38. The smallest absolute Gasteiger partial charge is 0.244 e. The Kier molecular flexibility index (Phi) is 8.21. The molecule has 0 radical (unpaired) electrons. The minimum Gasteiger partial charge on any atom is -0.493 e. The molecular weight excluding hydrogens is 516 g/mol. The number of nitrogens with one attached hydrogen (secondary N) is 1. The molecule has 0 atom stereocenters. The molecule has 35 heavy (non-hydrogen) atoms. The molecule has 11 heteroatoms. The number of nitriles is 1. The van der Waals surface area contributed by atoms with E-state index in [1.807, 2.05) is 0 Å². The van der Waals surface area contributed by atoms with Crippen molar-refractivity contribution in [3.8, 4) is 11.8 Å². The summed E-state index contributed by atoms with van der Waals surface area (Å²) in [4.78, 5) is 0.00223. The van der Waals surface area contributed by atoms with Crippen LogP contribution in [0.1, 0.15) is 18.4 Å². The molecule has 4 rings (SSSR count). The van der Waals surface area contributed by atoms with Crippen LogP contribution in [-0.2, 0) is 14.8 Å². The third kappa shape index (κ3) is 6.08. The molecule has 0 aromatic heterocycles. The number of ether oxygens (including phenoxy) is 2. The summed E-state index contributed by atoms with van der Waals surface area (Å²) in [6, 6.07) is 10.1. The summed E-state index contributed by atoms with van der Waals surface area (Å²) in [5.74, 6) is 0.126. The molecule has 0 saturated carbocycles. The lowest BCUT2D eigenvalue weighted by Gasteiger charge is -2.49. The van der Waals surface area contributed by atoms with Crippen LogP contribution in [0.5, 0.6) is 5.75 Å². The van der Waals surface area contributed by atoms with Gasteiger partial charge in [0.25, 0.3) is 0 Å². The van der Waals surface area contributed by atoms with Crippen molar-refractivity contribution in [1.82, 2.24) is 9.62 Å². The van der Waals surface area contributed by atoms with Crippen LogP contribution in [0.25, 0.3) is 0 Å². The maximum atomic E-state index is 14.0. The number of sulfonamides is 1. The van der Waals surface area contributed by atoms with E-state index < -0.39 is 21.3 Å². The van der Waals surface area contributed by atoms with E-state index in [9.17, 15) is 12.8 Å². The second-order valence-corrected chi connectivity index (χ2v) is 11.8. The van der Waals surface area contributed by atoms with Gasteiger partial charge in [0.15, 0.2) is 0 Å². The lowest BCUT2D eigenvalue weighted by atomic mass is 9.82. The first kappa shape index (κ1) is 26.1. The van der Waals surface area contributed by atoms with Gasteiger partial charge in [0.1, 0.15) is 22.5 Å². The summed E-state index contributed by atoms with van der Waals surface area (Å²) in [6.07, 6.45) is 1.97. The molecule has 1 N–H and O–H groups in total. The summed E-state index contributed by atoms with van der Waals surface area (Å²) >= 11 is 12.1. The van der Waals surface area contributed by atoms with Crippen molar-refractivity contribution in [2.45, 2.75) is 17.7 Å². The topological polar surface area (TPSA) is 91.7 Å². The normalized spacial score (nSPS) is 18.6. The van der Waals surface area contributed by atoms with E-state index in [2.05, 4.69) is 5.32 Å². The number of rotatable bonds is 9. The molecular formula is C24H26Cl2FN3O4S. The SMILES string of the molecule is N#Cc1ccc(OCC2(CNCC3CCOCC3)CN(S(=O)(=O)c3ccc(Cl)cc3Cl)C2)cc1F. The quantitative estimate of drug-likeness (QED) is 0.514. The van der Waals surface area contributed by atoms with Crippen LogP contribution >= 0.6 is 23.2 Å². The second kappa shape index (κ2) is 11.0. The first-order valence-corrected chi connectivity index (χ1v) is 13.5. The average molecular weight is 542 g/mol. The maximum absolute atomic E-state index is 14.0. The molecule has 0 unspecified atom stereocenters. The fraction of sp³-hybridized carbons (Fsp3) is 0.458. The summed E-state index contributed by atoms with van der Waals surface area (Å²) in [7, 11) is -3.82. The van der Waals surface area contributed by atoms with E-state index in [0.717, 1.165) is 32.6 Å². The average Bonchev–Trinajstić information content (AvgIpc) is 2.80. The Labute approximate surface area is 214 Å². The molecule has 0 amide bonds. The van der Waals surface area contributed by atoms with E-state index in [1.54, 1.807) is 6.07 Å². The summed E-state index contributed by atoms with van der Waals surface area (Å²) in [5, 5.41) is 12.8. The third-order valence-corrected chi connectivity index (χ3v) is 8.92. The lowest BCUT2D eigenvalue weighted by Crippen LogP contribution is -2.64. The molecule has 2 aromatic carbocycles. The fourth-order valence-electron chi connectivity index (χ4n) is 4.35. The minimum absolute atomic E-state index is 0.00223. The highest BCUT2D eigenvalue weighted by Gasteiger charge is 2.49. The van der Waals surface area contributed by atoms with Crippen molar-refractivity contribution in [3.05, 3.63) is 57.8 Å². The zero-order chi connectivity index (χ0) is 25.1. The standard InChI is InChI=1S/C24H26Cl2FN3O4S/c25-19-2-4-23(21(26)9-19)35(31,32)30-14-24(15-30,13-29-12-17-5-7-33-8-6-17)16-34-20-3-1-18(11-28)22(27)10-20/h1-4,9-10,17,29H,5-8,12-16H2. The van der Waals surface area contributed by atoms with Gasteiger partial charge in [0, 0.05) is 49.4 Å². The zero-order valence-corrected chi connectivity index (χ0v) is 21.3. The number of hydrogen-bond donors (Lipinski definition) is 1. The summed E-state index contributed by atoms with van der Waals surface area (Å²) in [6.45, 7) is 3.44. The lowest BCUT2D eigenvalue weighted by molar-refractivity contribution is 0.0160. The summed E-state index contributed by atoms with van der Waals surface area (Å²) in [5.41, 5.74) is -0.576. The van der Waals surface area contributed by atoms with Crippen LogP contribution < -0.4 is 10.1 Å². The van der Waals surface area contributed by atoms with Crippen molar-refractivity contribution in [1.29, 1.82) is 5.26 Å². The second-order valence-electron chi connectivity index (χ2n) is 9.08. The van der Waals surface area contributed by atoms with E-state index in [0.29, 0.717) is 17.5 Å². The molecule has 2 aliphatic rings. The Morgan fingerprint density at radius 2 is 1.94 bits per heavy atom. The van der Waals surface area contributed by atoms with Gasteiger partial charge in [-0.25, -0.2) is 12.8 Å². The molecule has 2 saturated heterocycles. The van der Waals surface area contributed by atoms with Crippen LogP contribution in [0.15, 0.2) is 41.3 Å². The van der Waals surface area contributed by atoms with Crippen LogP contribution in [0, 0.1) is 28.5 Å².